The molecule has 1 aliphatic rings. The number of aliphatic hydroxyl groups excluding tert-OH is 1. The Labute approximate surface area is 106 Å². The maximum absolute atomic E-state index is 11.6. The number of carbonyl (C=O) groups is 2. The quantitative estimate of drug-likeness (QED) is 0.469. The minimum Gasteiger partial charge on any atom is -0.480 e. The summed E-state index contributed by atoms with van der Waals surface area (Å²) in [4.78, 5) is 24.5. The van der Waals surface area contributed by atoms with Gasteiger partial charge in [-0.2, -0.15) is 0 Å². The van der Waals surface area contributed by atoms with Crippen molar-refractivity contribution < 1.29 is 19.8 Å². The third kappa shape index (κ3) is 4.86. The van der Waals surface area contributed by atoms with Crippen LogP contribution in [0.15, 0.2) is 0 Å². The van der Waals surface area contributed by atoms with Crippen molar-refractivity contribution in [2.45, 2.75) is 12.5 Å². The minimum absolute atomic E-state index is 0.00844. The van der Waals surface area contributed by atoms with E-state index in [1.54, 1.807) is 5.01 Å². The second kappa shape index (κ2) is 7.14. The summed E-state index contributed by atoms with van der Waals surface area (Å²) in [6, 6.07) is -1.62. The van der Waals surface area contributed by atoms with E-state index in [-0.39, 0.29) is 13.0 Å². The van der Waals surface area contributed by atoms with Crippen molar-refractivity contribution in [1.29, 1.82) is 0 Å². The number of nitrogens with zero attached hydrogens (tertiary/aromatic N) is 2. The number of hydrogen-bond donors (Lipinski definition) is 4. The zero-order valence-electron chi connectivity index (χ0n) is 10.4. The van der Waals surface area contributed by atoms with Gasteiger partial charge < -0.3 is 20.4 Å². The van der Waals surface area contributed by atoms with Crippen molar-refractivity contribution in [2.24, 2.45) is 0 Å². The fourth-order valence-electron chi connectivity index (χ4n) is 1.64. The number of rotatable bonds is 5. The van der Waals surface area contributed by atoms with E-state index in [0.717, 1.165) is 13.1 Å². The van der Waals surface area contributed by atoms with Gasteiger partial charge in [0, 0.05) is 39.2 Å². The Morgan fingerprint density at radius 2 is 1.89 bits per heavy atom. The minimum atomic E-state index is -1.16. The molecule has 1 aliphatic heterocycles. The van der Waals surface area contributed by atoms with Crippen molar-refractivity contribution in [3.63, 3.8) is 0 Å². The summed E-state index contributed by atoms with van der Waals surface area (Å²) in [7, 11) is 2.00. The molecule has 1 atom stereocenters. The van der Waals surface area contributed by atoms with Crippen LogP contribution in [0, 0.1) is 0 Å². The molecule has 1 heterocycles. The molecule has 0 aliphatic carbocycles. The molecule has 18 heavy (non-hydrogen) atoms. The molecule has 0 aromatic carbocycles. The summed E-state index contributed by atoms with van der Waals surface area (Å²) in [5.41, 5.74) is 2.59. The predicted octanol–water partition coefficient (Wildman–Crippen LogP) is -1.72. The van der Waals surface area contributed by atoms with Gasteiger partial charge in [-0.15, -0.1) is 0 Å². The zero-order chi connectivity index (χ0) is 13.5. The number of likely N-dealkylation sites (N-methyl/N-ethyl adjacent to an activating group) is 1. The first-order valence-corrected chi connectivity index (χ1v) is 5.87. The van der Waals surface area contributed by atoms with Gasteiger partial charge in [0.15, 0.2) is 0 Å². The lowest BCUT2D eigenvalue weighted by Crippen LogP contribution is -2.56. The highest BCUT2D eigenvalue weighted by Crippen LogP contribution is 1.96. The lowest BCUT2D eigenvalue weighted by molar-refractivity contribution is -0.139. The number of nitrogens with one attached hydrogen (secondary N) is 2. The number of hydrazine groups is 1. The maximum Gasteiger partial charge on any atom is 0.330 e. The van der Waals surface area contributed by atoms with Crippen LogP contribution < -0.4 is 10.7 Å². The molecule has 8 nitrogen and oxygen atoms in total. The number of aliphatic carboxylic acids is 1. The van der Waals surface area contributed by atoms with E-state index in [0.29, 0.717) is 13.1 Å². The predicted molar refractivity (Wildman–Crippen MR) is 63.9 cm³/mol. The first kappa shape index (κ1) is 14.7. The second-order valence-corrected chi connectivity index (χ2v) is 4.28. The van der Waals surface area contributed by atoms with Gasteiger partial charge in [0.2, 0.25) is 0 Å². The standard InChI is InChI=1S/C10H20N4O4/c1-13-3-5-14(6-4-13)12-10(18)11-8(2-7-15)9(16)17/h8,15H,2-7H2,1H3,(H,16,17)(H2,11,12,18)/t8-/m1/s1. The number of carbonyl (C=O) groups excluding carboxylic acids is 1. The maximum atomic E-state index is 11.6. The molecule has 4 N–H and O–H groups in total. The normalized spacial score (nSPS) is 19.2. The molecule has 0 unspecified atom stereocenters. The molecule has 0 bridgehead atoms. The highest BCUT2D eigenvalue weighted by Gasteiger charge is 2.21. The first-order chi connectivity index (χ1) is 8.52. The Bertz CT molecular complexity index is 292. The first-order valence-electron chi connectivity index (χ1n) is 5.87. The monoisotopic (exact) mass is 260 g/mol. The Balaban J connectivity index is 2.33. The molecule has 0 spiro atoms. The molecule has 104 valence electrons. The molecular formula is C10H20N4O4. The van der Waals surface area contributed by atoms with E-state index in [1.807, 2.05) is 7.05 Å². The third-order valence-electron chi connectivity index (χ3n) is 2.78. The van der Waals surface area contributed by atoms with Crippen molar-refractivity contribution in [3.8, 4) is 0 Å². The van der Waals surface area contributed by atoms with Crippen LogP contribution in [0.5, 0.6) is 0 Å². The Morgan fingerprint density at radius 1 is 1.28 bits per heavy atom. The fraction of sp³-hybridized carbons (Fsp3) is 0.800. The van der Waals surface area contributed by atoms with Gasteiger partial charge in [0.05, 0.1) is 0 Å². The molecule has 0 aromatic rings. The summed E-state index contributed by atoms with van der Waals surface area (Å²) in [5, 5.41) is 21.6. The number of amides is 2. The van der Waals surface area contributed by atoms with Crippen LogP contribution in [0.25, 0.3) is 0 Å². The average molecular weight is 260 g/mol. The molecule has 1 saturated heterocycles. The topological polar surface area (TPSA) is 105 Å². The molecule has 0 saturated carbocycles. The van der Waals surface area contributed by atoms with E-state index in [4.69, 9.17) is 10.2 Å². The van der Waals surface area contributed by atoms with Crippen LogP contribution in [-0.4, -0.2) is 78.0 Å². The van der Waals surface area contributed by atoms with Crippen LogP contribution in [0.1, 0.15) is 6.42 Å². The number of hydrogen-bond acceptors (Lipinski definition) is 5. The summed E-state index contributed by atoms with van der Waals surface area (Å²) < 4.78 is 0. The van der Waals surface area contributed by atoms with E-state index in [2.05, 4.69) is 15.6 Å². The van der Waals surface area contributed by atoms with Crippen molar-refractivity contribution in [3.05, 3.63) is 0 Å². The third-order valence-corrected chi connectivity index (χ3v) is 2.78. The average Bonchev–Trinajstić information content (AvgIpc) is 2.31. The van der Waals surface area contributed by atoms with Crippen LogP contribution in [0.3, 0.4) is 0 Å². The van der Waals surface area contributed by atoms with Crippen LogP contribution >= 0.6 is 0 Å². The summed E-state index contributed by atoms with van der Waals surface area (Å²) in [6.07, 6.45) is -0.00844. The van der Waals surface area contributed by atoms with E-state index in [1.165, 1.54) is 0 Å². The lowest BCUT2D eigenvalue weighted by atomic mass is 10.2. The molecule has 0 radical (unpaired) electrons. The molecule has 8 heteroatoms. The Hall–Kier alpha value is -1.38. The summed E-state index contributed by atoms with van der Waals surface area (Å²) in [6.45, 7) is 2.80. The lowest BCUT2D eigenvalue weighted by Gasteiger charge is -2.32. The SMILES string of the molecule is CN1CCN(NC(=O)N[C@H](CCO)C(=O)O)CC1. The van der Waals surface area contributed by atoms with E-state index in [9.17, 15) is 9.59 Å². The van der Waals surface area contributed by atoms with Gasteiger partial charge >= 0.3 is 12.0 Å². The smallest absolute Gasteiger partial charge is 0.330 e. The largest absolute Gasteiger partial charge is 0.480 e. The Kier molecular flexibility index (Phi) is 5.83. The summed E-state index contributed by atoms with van der Waals surface area (Å²) >= 11 is 0. The Morgan fingerprint density at radius 3 is 2.39 bits per heavy atom. The number of carboxylic acids is 1. The van der Waals surface area contributed by atoms with Gasteiger partial charge in [0.25, 0.3) is 0 Å². The van der Waals surface area contributed by atoms with Crippen molar-refractivity contribution in [2.75, 3.05) is 39.8 Å². The zero-order valence-corrected chi connectivity index (χ0v) is 10.4. The van der Waals surface area contributed by atoms with Crippen LogP contribution in [0.4, 0.5) is 4.79 Å². The van der Waals surface area contributed by atoms with Gasteiger partial charge in [-0.1, -0.05) is 0 Å². The van der Waals surface area contributed by atoms with E-state index < -0.39 is 18.0 Å². The summed E-state index contributed by atoms with van der Waals surface area (Å²) in [5.74, 6) is -1.16. The molecular weight excluding hydrogens is 240 g/mol. The number of carboxylic acid groups (broad SMARTS) is 1. The van der Waals surface area contributed by atoms with Gasteiger partial charge in [-0.05, 0) is 7.05 Å². The van der Waals surface area contributed by atoms with Crippen molar-refractivity contribution in [1.82, 2.24) is 20.7 Å². The molecule has 1 rings (SSSR count). The van der Waals surface area contributed by atoms with Crippen LogP contribution in [0.2, 0.25) is 0 Å². The fourth-order valence-corrected chi connectivity index (χ4v) is 1.64. The number of urea groups is 1. The second-order valence-electron chi connectivity index (χ2n) is 4.28. The van der Waals surface area contributed by atoms with Gasteiger partial charge in [-0.3, -0.25) is 5.43 Å². The van der Waals surface area contributed by atoms with Crippen LogP contribution in [-0.2, 0) is 4.79 Å². The number of aliphatic hydroxyl groups is 1. The van der Waals surface area contributed by atoms with Gasteiger partial charge in [-0.25, -0.2) is 14.6 Å². The van der Waals surface area contributed by atoms with Crippen molar-refractivity contribution >= 4 is 12.0 Å². The molecule has 0 aromatic heterocycles. The molecule has 2 amide bonds. The number of piperazine rings is 1. The van der Waals surface area contributed by atoms with Gasteiger partial charge in [0.1, 0.15) is 6.04 Å². The molecule has 1 fully saturated rings. The van der Waals surface area contributed by atoms with E-state index >= 15 is 0 Å². The highest BCUT2D eigenvalue weighted by molar-refractivity contribution is 5.82. The highest BCUT2D eigenvalue weighted by atomic mass is 16.4.